The van der Waals surface area contributed by atoms with Crippen LogP contribution in [0.5, 0.6) is 5.75 Å². The summed E-state index contributed by atoms with van der Waals surface area (Å²) in [4.78, 5) is 27.4. The van der Waals surface area contributed by atoms with Gasteiger partial charge in [0.25, 0.3) is 11.7 Å². The van der Waals surface area contributed by atoms with Gasteiger partial charge in [0.1, 0.15) is 11.5 Å². The van der Waals surface area contributed by atoms with Crippen LogP contribution in [-0.4, -0.2) is 48.1 Å². The first kappa shape index (κ1) is 24.4. The maximum absolute atomic E-state index is 13.1. The second kappa shape index (κ2) is 10.1. The van der Waals surface area contributed by atoms with Gasteiger partial charge in [-0.05, 0) is 43.7 Å². The molecule has 1 aliphatic heterocycles. The Morgan fingerprint density at radius 1 is 1.09 bits per heavy atom. The standard InChI is InChI=1S/C23H22Cl3NO5/c1-12(2)32-9-8-27-19(13-4-6-14(24)7-5-13)18(21(29)23(27)30)20(28)16-10-15(25)11-17(26)22(16)31-3/h4-7,10-12,19,28H,8-9H2,1-3H3/b20-18+. The average molecular weight is 499 g/mol. The van der Waals surface area contributed by atoms with Gasteiger partial charge in [-0.15, -0.1) is 0 Å². The predicted molar refractivity (Wildman–Crippen MR) is 125 cm³/mol. The molecule has 0 spiro atoms. The normalized spacial score (nSPS) is 18.0. The molecule has 1 unspecified atom stereocenters. The number of carbonyl (C=O) groups excluding carboxylic acids is 2. The van der Waals surface area contributed by atoms with E-state index in [0.717, 1.165) is 0 Å². The van der Waals surface area contributed by atoms with Crippen molar-refractivity contribution >= 4 is 52.3 Å². The SMILES string of the molecule is COc1c(Cl)cc(Cl)cc1/C(O)=C1\C(=O)C(=O)N(CCOC(C)C)C1c1ccc(Cl)cc1. The quantitative estimate of drug-likeness (QED) is 0.310. The van der Waals surface area contributed by atoms with E-state index in [0.29, 0.717) is 10.6 Å². The molecule has 0 aromatic heterocycles. The highest BCUT2D eigenvalue weighted by atomic mass is 35.5. The number of Topliss-reactive ketones (excluding diaryl/α,β-unsaturated/α-hetero) is 1. The number of likely N-dealkylation sites (tertiary alicyclic amines) is 1. The van der Waals surface area contributed by atoms with Crippen molar-refractivity contribution < 1.29 is 24.2 Å². The maximum atomic E-state index is 13.1. The van der Waals surface area contributed by atoms with Crippen molar-refractivity contribution in [3.05, 3.63) is 68.2 Å². The van der Waals surface area contributed by atoms with Gasteiger partial charge in [0.05, 0.1) is 42.0 Å². The molecule has 3 rings (SSSR count). The smallest absolute Gasteiger partial charge is 0.295 e. The van der Waals surface area contributed by atoms with Gasteiger partial charge in [0.15, 0.2) is 0 Å². The van der Waals surface area contributed by atoms with Crippen LogP contribution in [0.2, 0.25) is 15.1 Å². The third kappa shape index (κ3) is 4.89. The minimum absolute atomic E-state index is 0.0429. The van der Waals surface area contributed by atoms with E-state index in [1.165, 1.54) is 24.1 Å². The second-order valence-corrected chi connectivity index (χ2v) is 8.71. The first-order chi connectivity index (χ1) is 15.1. The Balaban J connectivity index is 2.18. The summed E-state index contributed by atoms with van der Waals surface area (Å²) in [6.07, 6.45) is -0.0429. The average Bonchev–Trinajstić information content (AvgIpc) is 2.98. The number of amides is 1. The molecule has 6 nitrogen and oxygen atoms in total. The first-order valence-corrected chi connectivity index (χ1v) is 11.0. The number of hydrogen-bond acceptors (Lipinski definition) is 5. The number of nitrogens with zero attached hydrogens (tertiary/aromatic N) is 1. The Hall–Kier alpha value is -2.25. The van der Waals surface area contributed by atoms with Crippen LogP contribution in [0.1, 0.15) is 31.0 Å². The third-order valence-electron chi connectivity index (χ3n) is 4.98. The van der Waals surface area contributed by atoms with E-state index in [4.69, 9.17) is 44.3 Å². The summed E-state index contributed by atoms with van der Waals surface area (Å²) in [6.45, 7) is 4.13. The fourth-order valence-corrected chi connectivity index (χ4v) is 4.27. The van der Waals surface area contributed by atoms with Crippen LogP contribution in [0.15, 0.2) is 42.0 Å². The van der Waals surface area contributed by atoms with Crippen LogP contribution in [0.4, 0.5) is 0 Å². The number of aliphatic hydroxyl groups excluding tert-OH is 1. The molecule has 1 heterocycles. The van der Waals surface area contributed by atoms with Gasteiger partial charge in [0.2, 0.25) is 0 Å². The number of halogens is 3. The summed E-state index contributed by atoms with van der Waals surface area (Å²) in [5, 5.41) is 12.1. The van der Waals surface area contributed by atoms with Crippen LogP contribution < -0.4 is 4.74 Å². The van der Waals surface area contributed by atoms with Crippen molar-refractivity contribution in [2.75, 3.05) is 20.3 Å². The predicted octanol–water partition coefficient (Wildman–Crippen LogP) is 5.50. The van der Waals surface area contributed by atoms with Crippen LogP contribution in [-0.2, 0) is 14.3 Å². The van der Waals surface area contributed by atoms with E-state index in [-0.39, 0.29) is 46.2 Å². The molecule has 1 saturated heterocycles. The lowest BCUT2D eigenvalue weighted by molar-refractivity contribution is -0.140. The molecule has 1 aliphatic rings. The van der Waals surface area contributed by atoms with Crippen molar-refractivity contribution in [2.45, 2.75) is 26.0 Å². The minimum Gasteiger partial charge on any atom is -0.507 e. The number of ketones is 1. The van der Waals surface area contributed by atoms with Gasteiger partial charge in [-0.2, -0.15) is 0 Å². The maximum Gasteiger partial charge on any atom is 0.295 e. The zero-order valence-corrected chi connectivity index (χ0v) is 20.0. The van der Waals surface area contributed by atoms with Gasteiger partial charge in [-0.25, -0.2) is 0 Å². The van der Waals surface area contributed by atoms with Gasteiger partial charge in [-0.1, -0.05) is 46.9 Å². The molecule has 32 heavy (non-hydrogen) atoms. The molecule has 9 heteroatoms. The Labute approximate surface area is 201 Å². The lowest BCUT2D eigenvalue weighted by Gasteiger charge is -2.26. The number of aliphatic hydroxyl groups is 1. The monoisotopic (exact) mass is 497 g/mol. The van der Waals surface area contributed by atoms with Crippen molar-refractivity contribution in [1.29, 1.82) is 0 Å². The summed E-state index contributed by atoms with van der Waals surface area (Å²) >= 11 is 18.4. The van der Waals surface area contributed by atoms with Gasteiger partial charge in [-0.3, -0.25) is 9.59 Å². The molecule has 1 amide bonds. The number of ether oxygens (including phenoxy) is 2. The van der Waals surface area contributed by atoms with Crippen LogP contribution in [0.25, 0.3) is 5.76 Å². The molecule has 1 atom stereocenters. The zero-order chi connectivity index (χ0) is 23.6. The van der Waals surface area contributed by atoms with E-state index in [2.05, 4.69) is 0 Å². The van der Waals surface area contributed by atoms with Gasteiger partial charge >= 0.3 is 0 Å². The Morgan fingerprint density at radius 2 is 1.75 bits per heavy atom. The molecule has 170 valence electrons. The van der Waals surface area contributed by atoms with Gasteiger partial charge in [0, 0.05) is 16.6 Å². The summed E-state index contributed by atoms with van der Waals surface area (Å²) in [7, 11) is 1.38. The first-order valence-electron chi connectivity index (χ1n) is 9.84. The number of rotatable bonds is 7. The van der Waals surface area contributed by atoms with Crippen LogP contribution in [0, 0.1) is 0 Å². The summed E-state index contributed by atoms with van der Waals surface area (Å²) in [5.74, 6) is -1.87. The minimum atomic E-state index is -0.856. The Bertz CT molecular complexity index is 1070. The molecular formula is C23H22Cl3NO5. The fourth-order valence-electron chi connectivity index (χ4n) is 3.58. The van der Waals surface area contributed by atoms with Crippen molar-refractivity contribution in [2.24, 2.45) is 0 Å². The Kier molecular flexibility index (Phi) is 7.72. The van der Waals surface area contributed by atoms with Crippen LogP contribution >= 0.6 is 34.8 Å². The lowest BCUT2D eigenvalue weighted by Crippen LogP contribution is -2.33. The lowest BCUT2D eigenvalue weighted by atomic mass is 9.95. The summed E-state index contributed by atoms with van der Waals surface area (Å²) in [5.41, 5.74) is 0.616. The molecule has 1 fully saturated rings. The van der Waals surface area contributed by atoms with Gasteiger partial charge < -0.3 is 19.5 Å². The van der Waals surface area contributed by atoms with E-state index < -0.39 is 23.5 Å². The fraction of sp³-hybridized carbons (Fsp3) is 0.304. The zero-order valence-electron chi connectivity index (χ0n) is 17.7. The molecule has 0 saturated carbocycles. The van der Waals surface area contributed by atoms with Crippen LogP contribution in [0.3, 0.4) is 0 Å². The molecule has 0 radical (unpaired) electrons. The van der Waals surface area contributed by atoms with Crippen molar-refractivity contribution in [3.63, 3.8) is 0 Å². The molecule has 2 aromatic rings. The molecule has 1 N–H and O–H groups in total. The number of hydrogen-bond donors (Lipinski definition) is 1. The molecule has 2 aromatic carbocycles. The van der Waals surface area contributed by atoms with Crippen molar-refractivity contribution in [3.8, 4) is 5.75 Å². The highest BCUT2D eigenvalue weighted by Gasteiger charge is 2.46. The van der Waals surface area contributed by atoms with E-state index in [9.17, 15) is 14.7 Å². The molecule has 0 bridgehead atoms. The Morgan fingerprint density at radius 3 is 2.34 bits per heavy atom. The summed E-state index contributed by atoms with van der Waals surface area (Å²) < 4.78 is 10.9. The molecule has 0 aliphatic carbocycles. The third-order valence-corrected chi connectivity index (χ3v) is 5.73. The number of carbonyl (C=O) groups is 2. The largest absolute Gasteiger partial charge is 0.507 e. The van der Waals surface area contributed by atoms with Crippen molar-refractivity contribution in [1.82, 2.24) is 4.90 Å². The molecular weight excluding hydrogens is 477 g/mol. The van der Waals surface area contributed by atoms with E-state index >= 15 is 0 Å². The van der Waals surface area contributed by atoms with E-state index in [1.807, 2.05) is 13.8 Å². The highest BCUT2D eigenvalue weighted by molar-refractivity contribution is 6.46. The number of benzene rings is 2. The highest BCUT2D eigenvalue weighted by Crippen LogP contribution is 2.43. The van der Waals surface area contributed by atoms with E-state index in [1.54, 1.807) is 24.3 Å². The number of methoxy groups -OCH3 is 1. The summed E-state index contributed by atoms with van der Waals surface area (Å²) in [6, 6.07) is 8.73. The second-order valence-electron chi connectivity index (χ2n) is 7.43. The topological polar surface area (TPSA) is 76.1 Å².